The third-order valence-electron chi connectivity index (χ3n) is 3.57. The Balaban J connectivity index is 2.01. The summed E-state index contributed by atoms with van der Waals surface area (Å²) in [6.45, 7) is 6.07. The minimum Gasteiger partial charge on any atom is -0.443 e. The number of imide groups is 1. The lowest BCUT2D eigenvalue weighted by Gasteiger charge is -2.31. The van der Waals surface area contributed by atoms with Crippen LogP contribution in [0.1, 0.15) is 33.6 Å². The van der Waals surface area contributed by atoms with Gasteiger partial charge >= 0.3 is 12.0 Å². The highest BCUT2D eigenvalue weighted by Crippen LogP contribution is 2.25. The van der Waals surface area contributed by atoms with Gasteiger partial charge in [0.05, 0.1) is 5.41 Å². The number of ether oxygens (including phenoxy) is 1. The number of carbonyl (C=O) groups excluding carboxylic acids is 3. The van der Waals surface area contributed by atoms with Gasteiger partial charge in [0.1, 0.15) is 5.54 Å². The molecule has 2 aliphatic heterocycles. The molecule has 0 aromatic rings. The van der Waals surface area contributed by atoms with Gasteiger partial charge in [-0.15, -0.1) is 0 Å². The van der Waals surface area contributed by atoms with Crippen LogP contribution in [0.25, 0.3) is 0 Å². The number of hydrogen-bond acceptors (Lipinski definition) is 5. The summed E-state index contributed by atoms with van der Waals surface area (Å²) in [5.74, 6) is -0.766. The zero-order valence-electron chi connectivity index (χ0n) is 12.1. The fourth-order valence-corrected chi connectivity index (χ4v) is 2.33. The van der Waals surface area contributed by atoms with Crippen LogP contribution in [0.3, 0.4) is 0 Å². The molecule has 20 heavy (non-hydrogen) atoms. The highest BCUT2D eigenvalue weighted by molar-refractivity contribution is 6.07. The molecule has 0 aliphatic carbocycles. The van der Waals surface area contributed by atoms with Gasteiger partial charge in [-0.3, -0.25) is 9.59 Å². The van der Waals surface area contributed by atoms with Crippen LogP contribution in [-0.2, 0) is 14.3 Å². The summed E-state index contributed by atoms with van der Waals surface area (Å²) in [7, 11) is 0. The average molecular weight is 283 g/mol. The molecule has 2 rings (SSSR count). The van der Waals surface area contributed by atoms with E-state index in [1.165, 1.54) is 0 Å². The fourth-order valence-electron chi connectivity index (χ4n) is 2.33. The summed E-state index contributed by atoms with van der Waals surface area (Å²) < 4.78 is 5.05. The first-order chi connectivity index (χ1) is 9.26. The molecule has 2 heterocycles. The fraction of sp³-hybridized carbons (Fsp3) is 0.769. The van der Waals surface area contributed by atoms with Crippen molar-refractivity contribution in [1.82, 2.24) is 15.5 Å². The van der Waals surface area contributed by atoms with E-state index in [0.29, 0.717) is 13.0 Å². The van der Waals surface area contributed by atoms with Crippen molar-refractivity contribution in [1.29, 1.82) is 0 Å². The quantitative estimate of drug-likeness (QED) is 0.558. The van der Waals surface area contributed by atoms with Gasteiger partial charge in [0.2, 0.25) is 0 Å². The van der Waals surface area contributed by atoms with Crippen LogP contribution < -0.4 is 10.6 Å². The minimum atomic E-state index is -0.872. The van der Waals surface area contributed by atoms with Gasteiger partial charge in [-0.2, -0.15) is 0 Å². The van der Waals surface area contributed by atoms with Crippen LogP contribution in [0, 0.1) is 5.41 Å². The van der Waals surface area contributed by atoms with Crippen molar-refractivity contribution in [2.45, 2.75) is 39.2 Å². The van der Waals surface area contributed by atoms with Crippen LogP contribution in [0.2, 0.25) is 0 Å². The zero-order chi connectivity index (χ0) is 15.0. The molecule has 2 fully saturated rings. The summed E-state index contributed by atoms with van der Waals surface area (Å²) in [5, 5.41) is 5.82. The van der Waals surface area contributed by atoms with E-state index in [9.17, 15) is 14.4 Å². The van der Waals surface area contributed by atoms with Crippen molar-refractivity contribution in [2.75, 3.05) is 19.8 Å². The van der Waals surface area contributed by atoms with Crippen LogP contribution in [-0.4, -0.2) is 48.2 Å². The summed E-state index contributed by atoms with van der Waals surface area (Å²) in [6.07, 6.45) is 1.43. The summed E-state index contributed by atoms with van der Waals surface area (Å²) >= 11 is 0. The number of piperidine rings is 1. The molecule has 0 aromatic heterocycles. The molecule has 2 aliphatic rings. The van der Waals surface area contributed by atoms with Crippen LogP contribution >= 0.6 is 0 Å². The van der Waals surface area contributed by atoms with Crippen LogP contribution in [0.15, 0.2) is 0 Å². The first kappa shape index (κ1) is 14.8. The Kier molecular flexibility index (Phi) is 3.73. The van der Waals surface area contributed by atoms with E-state index < -0.39 is 23.0 Å². The van der Waals surface area contributed by atoms with E-state index in [-0.39, 0.29) is 12.6 Å². The largest absolute Gasteiger partial charge is 0.443 e. The third kappa shape index (κ3) is 2.63. The number of nitrogens with one attached hydrogen (secondary N) is 2. The van der Waals surface area contributed by atoms with E-state index in [2.05, 4.69) is 10.6 Å². The molecular weight excluding hydrogens is 262 g/mol. The molecule has 1 atom stereocenters. The van der Waals surface area contributed by atoms with Crippen LogP contribution in [0.4, 0.5) is 4.79 Å². The summed E-state index contributed by atoms with van der Waals surface area (Å²) in [5.41, 5.74) is -1.53. The van der Waals surface area contributed by atoms with Gasteiger partial charge in [-0.1, -0.05) is 0 Å². The van der Waals surface area contributed by atoms with Gasteiger partial charge in [0, 0.05) is 6.54 Å². The lowest BCUT2D eigenvalue weighted by atomic mass is 9.90. The van der Waals surface area contributed by atoms with E-state index >= 15 is 0 Å². The second-order valence-corrected chi connectivity index (χ2v) is 6.34. The molecular formula is C13H21N3O4. The molecule has 0 bridgehead atoms. The second-order valence-electron chi connectivity index (χ2n) is 6.34. The van der Waals surface area contributed by atoms with Gasteiger partial charge in [-0.25, -0.2) is 9.69 Å². The highest BCUT2D eigenvalue weighted by atomic mass is 16.5. The molecule has 112 valence electrons. The topological polar surface area (TPSA) is 87.7 Å². The van der Waals surface area contributed by atoms with Crippen molar-refractivity contribution in [3.05, 3.63) is 0 Å². The van der Waals surface area contributed by atoms with Gasteiger partial charge in [0.15, 0.2) is 6.73 Å². The normalized spacial score (nSPS) is 26.9. The average Bonchev–Trinajstić information content (AvgIpc) is 2.58. The van der Waals surface area contributed by atoms with E-state index in [1.807, 2.05) is 0 Å². The summed E-state index contributed by atoms with van der Waals surface area (Å²) in [6, 6.07) is -0.500. The Bertz CT molecular complexity index is 435. The molecule has 0 radical (unpaired) electrons. The SMILES string of the molecule is CC(C)(C)C(=O)OCN1C(=O)N[C@@]2(CCCNC2)C1=O. The molecule has 3 amide bonds. The van der Waals surface area contributed by atoms with Crippen molar-refractivity contribution >= 4 is 17.9 Å². The maximum Gasteiger partial charge on any atom is 0.327 e. The smallest absolute Gasteiger partial charge is 0.327 e. The van der Waals surface area contributed by atoms with Crippen molar-refractivity contribution in [3.63, 3.8) is 0 Å². The van der Waals surface area contributed by atoms with Gasteiger partial charge in [-0.05, 0) is 40.2 Å². The Hall–Kier alpha value is -1.63. The van der Waals surface area contributed by atoms with Gasteiger partial charge in [0.25, 0.3) is 5.91 Å². The zero-order valence-corrected chi connectivity index (χ0v) is 12.1. The Morgan fingerprint density at radius 1 is 1.40 bits per heavy atom. The first-order valence-electron chi connectivity index (χ1n) is 6.78. The number of carbonyl (C=O) groups is 3. The molecule has 0 aromatic carbocycles. The van der Waals surface area contributed by atoms with Crippen LogP contribution in [0.5, 0.6) is 0 Å². The third-order valence-corrected chi connectivity index (χ3v) is 3.57. The molecule has 2 saturated heterocycles. The molecule has 0 unspecified atom stereocenters. The molecule has 7 nitrogen and oxygen atoms in total. The number of urea groups is 1. The monoisotopic (exact) mass is 283 g/mol. The number of nitrogens with zero attached hydrogens (tertiary/aromatic N) is 1. The standard InChI is InChI=1S/C13H21N3O4/c1-12(2,3)10(18)20-8-16-9(17)13(15-11(16)19)5-4-6-14-7-13/h14H,4-8H2,1-3H3,(H,15,19)/t13-/m1/s1. The Morgan fingerprint density at radius 3 is 2.65 bits per heavy atom. The first-order valence-corrected chi connectivity index (χ1v) is 6.78. The van der Waals surface area contributed by atoms with E-state index in [1.54, 1.807) is 20.8 Å². The van der Waals surface area contributed by atoms with E-state index in [4.69, 9.17) is 4.74 Å². The Labute approximate surface area is 118 Å². The molecule has 2 N–H and O–H groups in total. The maximum absolute atomic E-state index is 12.4. The number of hydrogen-bond donors (Lipinski definition) is 2. The summed E-state index contributed by atoms with van der Waals surface area (Å²) in [4.78, 5) is 36.9. The second kappa shape index (κ2) is 5.05. The number of amides is 3. The molecule has 1 spiro atoms. The molecule has 7 heteroatoms. The predicted octanol–water partition coefficient (Wildman–Crippen LogP) is 0.207. The number of rotatable bonds is 2. The highest BCUT2D eigenvalue weighted by Gasteiger charge is 2.51. The molecule has 0 saturated carbocycles. The lowest BCUT2D eigenvalue weighted by Crippen LogP contribution is -2.57. The van der Waals surface area contributed by atoms with Gasteiger partial charge < -0.3 is 15.4 Å². The predicted molar refractivity (Wildman–Crippen MR) is 70.6 cm³/mol. The minimum absolute atomic E-state index is 0.323. The number of esters is 1. The van der Waals surface area contributed by atoms with Crippen molar-refractivity contribution in [2.24, 2.45) is 5.41 Å². The lowest BCUT2D eigenvalue weighted by molar-refractivity contribution is -0.158. The maximum atomic E-state index is 12.4. The van der Waals surface area contributed by atoms with Crippen molar-refractivity contribution < 1.29 is 19.1 Å². The van der Waals surface area contributed by atoms with E-state index in [0.717, 1.165) is 17.9 Å². The van der Waals surface area contributed by atoms with Crippen molar-refractivity contribution in [3.8, 4) is 0 Å². The Morgan fingerprint density at radius 2 is 2.10 bits per heavy atom.